The Morgan fingerprint density at radius 2 is 0.889 bits per heavy atom. The Morgan fingerprint density at radius 1 is 0.514 bits per heavy atom. The van der Waals surface area contributed by atoms with Crippen molar-refractivity contribution in [3.63, 3.8) is 0 Å². The van der Waals surface area contributed by atoms with Crippen molar-refractivity contribution in [1.82, 2.24) is 34.9 Å². The maximum atomic E-state index is 15.0. The van der Waals surface area contributed by atoms with Gasteiger partial charge in [0, 0.05) is 93.4 Å². The number of hydrogen-bond donors (Lipinski definition) is 3. The molecule has 0 unspecified atom stereocenters. The number of benzene rings is 3. The third kappa shape index (κ3) is 11.4. The summed E-state index contributed by atoms with van der Waals surface area (Å²) in [6.45, 7) is 11.4. The van der Waals surface area contributed by atoms with Gasteiger partial charge in [-0.3, -0.25) is 4.98 Å². The van der Waals surface area contributed by atoms with Gasteiger partial charge >= 0.3 is 12.1 Å². The van der Waals surface area contributed by atoms with Gasteiger partial charge in [-0.05, 0) is 91.7 Å². The Labute approximate surface area is 416 Å². The summed E-state index contributed by atoms with van der Waals surface area (Å²) in [6.07, 6.45) is 2.07. The third-order valence-electron chi connectivity index (χ3n) is 12.5. The number of anilines is 8. The molecule has 3 aromatic heterocycles. The van der Waals surface area contributed by atoms with Crippen LogP contribution < -0.4 is 40.3 Å². The molecular weight excluding hydrogens is 923 g/mol. The molecule has 3 N–H and O–H groups in total. The van der Waals surface area contributed by atoms with Crippen LogP contribution in [0.25, 0.3) is 22.8 Å². The Kier molecular flexibility index (Phi) is 15.1. The first-order valence-corrected chi connectivity index (χ1v) is 24.2. The first kappa shape index (κ1) is 48.0. The van der Waals surface area contributed by atoms with Crippen LogP contribution in [0, 0.1) is 6.92 Å². The Hall–Kier alpha value is -7.63. The number of aryl methyl sites for hydroxylation is 1. The lowest BCUT2D eigenvalue weighted by atomic mass is 10.1. The second-order valence-corrected chi connectivity index (χ2v) is 17.3. The van der Waals surface area contributed by atoms with Crippen molar-refractivity contribution in [2.75, 3.05) is 152 Å². The SMILES string of the molecule is Cc1cc(NC(=O)N(c2ccc(-c3nc(N4CCOCC4)nc(N4CCOCC4)n3)cc2)N(C(=O)Nc2ccc(CCO)cc2)c2ccc(-c3nc(N4CCOCC4)nc(N4CCOCC4)n3)cc2)ccn1. The first-order chi connectivity index (χ1) is 35.3. The number of carbonyl (C=O) groups excluding carboxylic acids is 2. The summed E-state index contributed by atoms with van der Waals surface area (Å²) in [5, 5.41) is 18.1. The molecular formula is C50H57N15O7. The maximum Gasteiger partial charge on any atom is 0.345 e. The van der Waals surface area contributed by atoms with Gasteiger partial charge in [0.15, 0.2) is 11.6 Å². The molecule has 374 valence electrons. The van der Waals surface area contributed by atoms with Gasteiger partial charge < -0.3 is 54.3 Å². The highest BCUT2D eigenvalue weighted by molar-refractivity contribution is 6.13. The van der Waals surface area contributed by atoms with Crippen molar-refractivity contribution >= 4 is 58.6 Å². The number of nitrogens with one attached hydrogen (secondary N) is 2. The number of morpholine rings is 4. The Balaban J connectivity index is 1.04. The summed E-state index contributed by atoms with van der Waals surface area (Å²) < 4.78 is 22.5. The molecule has 4 saturated heterocycles. The van der Waals surface area contributed by atoms with Crippen LogP contribution in [-0.2, 0) is 25.4 Å². The zero-order valence-corrected chi connectivity index (χ0v) is 40.1. The number of hydrazine groups is 1. The molecule has 0 aliphatic carbocycles. The zero-order chi connectivity index (χ0) is 49.2. The number of urea groups is 2. The molecule has 3 aromatic carbocycles. The number of nitrogens with zero attached hydrogens (tertiary/aromatic N) is 13. The summed E-state index contributed by atoms with van der Waals surface area (Å²) in [5.74, 6) is 3.08. The molecule has 0 spiro atoms. The van der Waals surface area contributed by atoms with Gasteiger partial charge in [-0.25, -0.2) is 9.59 Å². The van der Waals surface area contributed by atoms with Gasteiger partial charge in [0.1, 0.15) is 0 Å². The van der Waals surface area contributed by atoms with E-state index in [9.17, 15) is 5.11 Å². The molecule has 7 heterocycles. The molecule has 6 aromatic rings. The van der Waals surface area contributed by atoms with Crippen LogP contribution in [-0.4, -0.2) is 164 Å². The summed E-state index contributed by atoms with van der Waals surface area (Å²) in [7, 11) is 0. The number of ether oxygens (including phenoxy) is 4. The van der Waals surface area contributed by atoms with Gasteiger partial charge in [0.2, 0.25) is 23.8 Å². The van der Waals surface area contributed by atoms with Gasteiger partial charge in [-0.2, -0.15) is 39.9 Å². The predicted molar refractivity (Wildman–Crippen MR) is 272 cm³/mol. The molecule has 22 nitrogen and oxygen atoms in total. The molecule has 0 atom stereocenters. The van der Waals surface area contributed by atoms with E-state index in [-0.39, 0.29) is 6.61 Å². The van der Waals surface area contributed by atoms with Crippen molar-refractivity contribution in [3.05, 3.63) is 102 Å². The highest BCUT2D eigenvalue weighted by atomic mass is 16.5. The van der Waals surface area contributed by atoms with Crippen LogP contribution in [0.5, 0.6) is 0 Å². The van der Waals surface area contributed by atoms with E-state index >= 15 is 9.59 Å². The van der Waals surface area contributed by atoms with Gasteiger partial charge in [0.05, 0.1) is 64.2 Å². The van der Waals surface area contributed by atoms with E-state index < -0.39 is 12.1 Å². The largest absolute Gasteiger partial charge is 0.396 e. The molecule has 0 saturated carbocycles. The van der Waals surface area contributed by atoms with E-state index in [1.165, 1.54) is 10.0 Å². The number of amides is 4. The smallest absolute Gasteiger partial charge is 0.345 e. The fraction of sp³-hybridized carbons (Fsp3) is 0.380. The lowest BCUT2D eigenvalue weighted by Gasteiger charge is -2.35. The fourth-order valence-electron chi connectivity index (χ4n) is 8.60. The number of carbonyl (C=O) groups is 2. The standard InChI is InChI=1S/C50H57N15O7/c1-35-34-40(14-16-51-35)53-50(68)65(42-12-6-38(7-13-42)44-56-47(62-21-30-71-31-22-62)59-48(57-44)63-23-32-72-33-24-63)64(49(67)52-39-8-2-36(3-9-39)15-25-66)41-10-4-37(5-11-41)43-54-45(60-17-26-69-27-18-60)58-46(55-43)61-19-28-70-29-20-61/h2-14,16,34,66H,15,17-33H2,1H3,(H,52,67)(H,51,53,68). The zero-order valence-electron chi connectivity index (χ0n) is 40.1. The molecule has 4 aliphatic heterocycles. The number of hydrogen-bond acceptors (Lipinski definition) is 18. The minimum absolute atomic E-state index is 0.0136. The summed E-state index contributed by atoms with van der Waals surface area (Å²) in [5.41, 5.74) is 4.57. The Morgan fingerprint density at radius 3 is 1.25 bits per heavy atom. The van der Waals surface area contributed by atoms with Crippen molar-refractivity contribution in [1.29, 1.82) is 0 Å². The number of aromatic nitrogens is 7. The monoisotopic (exact) mass is 979 g/mol. The van der Waals surface area contributed by atoms with Crippen molar-refractivity contribution in [2.45, 2.75) is 13.3 Å². The molecule has 4 fully saturated rings. The van der Waals surface area contributed by atoms with Crippen LogP contribution in [0.1, 0.15) is 11.3 Å². The topological polar surface area (TPSA) is 225 Å². The van der Waals surface area contributed by atoms with Crippen molar-refractivity contribution < 1.29 is 33.6 Å². The number of rotatable bonds is 12. The fourth-order valence-corrected chi connectivity index (χ4v) is 8.60. The van der Waals surface area contributed by atoms with Crippen molar-refractivity contribution in [2.24, 2.45) is 0 Å². The van der Waals surface area contributed by atoms with Crippen LogP contribution in [0.2, 0.25) is 0 Å². The second-order valence-electron chi connectivity index (χ2n) is 17.3. The average Bonchev–Trinajstić information content (AvgIpc) is 3.43. The minimum atomic E-state index is -0.644. The molecule has 4 amide bonds. The van der Waals surface area contributed by atoms with E-state index in [4.69, 9.17) is 48.9 Å². The van der Waals surface area contributed by atoms with Crippen LogP contribution in [0.15, 0.2) is 91.1 Å². The van der Waals surface area contributed by atoms with Gasteiger partial charge in [0.25, 0.3) is 0 Å². The van der Waals surface area contributed by atoms with E-state index in [0.29, 0.717) is 187 Å². The third-order valence-corrected chi connectivity index (χ3v) is 12.5. The van der Waals surface area contributed by atoms with Crippen LogP contribution >= 0.6 is 0 Å². The Bertz CT molecular complexity index is 2710. The highest BCUT2D eigenvalue weighted by Crippen LogP contribution is 2.32. The lowest BCUT2D eigenvalue weighted by molar-refractivity contribution is 0.121. The second kappa shape index (κ2) is 22.6. The van der Waals surface area contributed by atoms with E-state index in [1.807, 2.05) is 43.3 Å². The predicted octanol–water partition coefficient (Wildman–Crippen LogP) is 4.67. The van der Waals surface area contributed by atoms with Crippen molar-refractivity contribution in [3.8, 4) is 22.8 Å². The summed E-state index contributed by atoms with van der Waals surface area (Å²) in [4.78, 5) is 72.3. The molecule has 10 rings (SSSR count). The summed E-state index contributed by atoms with van der Waals surface area (Å²) >= 11 is 0. The molecule has 4 aliphatic rings. The maximum absolute atomic E-state index is 15.0. The van der Waals surface area contributed by atoms with E-state index in [0.717, 1.165) is 5.56 Å². The quantitative estimate of drug-likeness (QED) is 0.142. The normalized spacial score (nSPS) is 16.3. The van der Waals surface area contributed by atoms with Crippen LogP contribution in [0.3, 0.4) is 0 Å². The molecule has 22 heteroatoms. The van der Waals surface area contributed by atoms with E-state index in [2.05, 4.69) is 35.2 Å². The lowest BCUT2D eigenvalue weighted by Crippen LogP contribution is -2.53. The number of aliphatic hydroxyl groups is 1. The van der Waals surface area contributed by atoms with Crippen LogP contribution in [0.4, 0.5) is 56.1 Å². The molecule has 0 radical (unpaired) electrons. The molecule has 72 heavy (non-hydrogen) atoms. The molecule has 0 bridgehead atoms. The number of pyridine rings is 1. The summed E-state index contributed by atoms with van der Waals surface area (Å²) in [6, 6.07) is 23.6. The highest BCUT2D eigenvalue weighted by Gasteiger charge is 2.32. The van der Waals surface area contributed by atoms with E-state index in [1.54, 1.807) is 54.7 Å². The van der Waals surface area contributed by atoms with Gasteiger partial charge in [-0.15, -0.1) is 0 Å². The van der Waals surface area contributed by atoms with Gasteiger partial charge in [-0.1, -0.05) is 12.1 Å². The number of aliphatic hydroxyl groups excluding tert-OH is 1. The minimum Gasteiger partial charge on any atom is -0.396 e. The first-order valence-electron chi connectivity index (χ1n) is 24.2. The average molecular weight is 980 g/mol.